The normalized spacial score (nSPS) is 12.6. The van der Waals surface area contributed by atoms with Crippen molar-refractivity contribution < 1.29 is 14.3 Å². The van der Waals surface area contributed by atoms with Crippen LogP contribution in [-0.2, 0) is 34.3 Å². The Balaban J connectivity index is 1.48. The first-order chi connectivity index (χ1) is 17.7. The minimum atomic E-state index is -0.342. The van der Waals surface area contributed by atoms with Crippen molar-refractivity contribution in [2.75, 3.05) is 13.2 Å². The molecule has 0 N–H and O–H groups in total. The zero-order chi connectivity index (χ0) is 26.4. The van der Waals surface area contributed by atoms with Gasteiger partial charge in [0.2, 0.25) is 5.91 Å². The topological polar surface area (TPSA) is 46.6 Å². The lowest BCUT2D eigenvalue weighted by Gasteiger charge is -2.25. The lowest BCUT2D eigenvalue weighted by Crippen LogP contribution is -2.33. The Morgan fingerprint density at radius 3 is 2.24 bits per heavy atom. The van der Waals surface area contributed by atoms with Crippen LogP contribution in [0.2, 0.25) is 0 Å². The molecule has 0 aliphatic heterocycles. The number of fused-ring (bicyclic) bond motifs is 1. The second-order valence-corrected chi connectivity index (χ2v) is 10.7. The summed E-state index contributed by atoms with van der Waals surface area (Å²) in [5.74, 6) is -0.263. The Morgan fingerprint density at radius 2 is 1.57 bits per heavy atom. The molecule has 4 nitrogen and oxygen atoms in total. The van der Waals surface area contributed by atoms with E-state index >= 15 is 0 Å². The predicted molar refractivity (Wildman–Crippen MR) is 149 cm³/mol. The van der Waals surface area contributed by atoms with Gasteiger partial charge in [0.05, 0.1) is 18.6 Å². The SMILES string of the molecule is CCOC(=O)c1ccc(CC(=O)N(CCC2=CCc3ccccc32)Cc2ccc(C(C)(C)C)cc2)cc1. The van der Waals surface area contributed by atoms with E-state index in [2.05, 4.69) is 75.4 Å². The smallest absolute Gasteiger partial charge is 0.338 e. The molecule has 3 aromatic rings. The first-order valence-electron chi connectivity index (χ1n) is 13.1. The largest absolute Gasteiger partial charge is 0.462 e. The fraction of sp³-hybridized carbons (Fsp3) is 0.333. The van der Waals surface area contributed by atoms with E-state index in [1.165, 1.54) is 22.3 Å². The van der Waals surface area contributed by atoms with Crippen LogP contribution in [0.1, 0.15) is 72.3 Å². The summed E-state index contributed by atoms with van der Waals surface area (Å²) in [4.78, 5) is 27.5. The van der Waals surface area contributed by atoms with Gasteiger partial charge in [-0.3, -0.25) is 4.79 Å². The summed E-state index contributed by atoms with van der Waals surface area (Å²) < 4.78 is 5.07. The van der Waals surface area contributed by atoms with Gasteiger partial charge in [-0.05, 0) is 70.7 Å². The van der Waals surface area contributed by atoms with Crippen LogP contribution in [0, 0.1) is 0 Å². The maximum absolute atomic E-state index is 13.5. The van der Waals surface area contributed by atoms with Gasteiger partial charge in [0.1, 0.15) is 0 Å². The van der Waals surface area contributed by atoms with Crippen molar-refractivity contribution >= 4 is 17.4 Å². The highest BCUT2D eigenvalue weighted by atomic mass is 16.5. The van der Waals surface area contributed by atoms with E-state index in [0.717, 1.165) is 24.0 Å². The highest BCUT2D eigenvalue weighted by Gasteiger charge is 2.20. The summed E-state index contributed by atoms with van der Waals surface area (Å²) in [5, 5.41) is 0. The van der Waals surface area contributed by atoms with Crippen molar-refractivity contribution in [1.29, 1.82) is 0 Å². The molecule has 0 fully saturated rings. The standard InChI is InChI=1S/C33H37NO3/c1-5-37-32(36)28-14-10-24(11-15-28)22-31(35)34(23-25-12-18-29(19-13-25)33(2,3)4)21-20-27-17-16-26-8-6-7-9-30(26)27/h6-15,17-19H,5,16,20-23H2,1-4H3. The third-order valence-electron chi connectivity index (χ3n) is 6.95. The number of carbonyl (C=O) groups excluding carboxylic acids is 2. The molecular weight excluding hydrogens is 458 g/mol. The van der Waals surface area contributed by atoms with E-state index in [1.54, 1.807) is 19.1 Å². The van der Waals surface area contributed by atoms with Crippen LogP contribution in [0.5, 0.6) is 0 Å². The highest BCUT2D eigenvalue weighted by Crippen LogP contribution is 2.30. The second kappa shape index (κ2) is 11.6. The average Bonchev–Trinajstić information content (AvgIpc) is 3.30. The van der Waals surface area contributed by atoms with Gasteiger partial charge in [0, 0.05) is 13.1 Å². The maximum Gasteiger partial charge on any atom is 0.338 e. The van der Waals surface area contributed by atoms with Crippen molar-refractivity contribution in [1.82, 2.24) is 4.90 Å². The number of hydrogen-bond acceptors (Lipinski definition) is 3. The molecule has 0 saturated carbocycles. The highest BCUT2D eigenvalue weighted by molar-refractivity contribution is 5.89. The van der Waals surface area contributed by atoms with E-state index in [4.69, 9.17) is 4.74 Å². The van der Waals surface area contributed by atoms with Gasteiger partial charge in [-0.2, -0.15) is 0 Å². The molecule has 1 aliphatic carbocycles. The number of rotatable bonds is 9. The summed E-state index contributed by atoms with van der Waals surface area (Å²) in [6.07, 6.45) is 4.36. The van der Waals surface area contributed by atoms with Gasteiger partial charge in [0.25, 0.3) is 0 Å². The lowest BCUT2D eigenvalue weighted by molar-refractivity contribution is -0.131. The van der Waals surface area contributed by atoms with Crippen molar-refractivity contribution in [3.8, 4) is 0 Å². The summed E-state index contributed by atoms with van der Waals surface area (Å²) in [6, 6.07) is 24.3. The molecule has 0 bridgehead atoms. The fourth-order valence-corrected chi connectivity index (χ4v) is 4.73. The molecule has 192 valence electrons. The quantitative estimate of drug-likeness (QED) is 0.308. The van der Waals surface area contributed by atoms with Crippen molar-refractivity contribution in [3.63, 3.8) is 0 Å². The molecule has 4 rings (SSSR count). The molecule has 0 spiro atoms. The molecule has 0 aromatic heterocycles. The Hall–Kier alpha value is -3.66. The fourth-order valence-electron chi connectivity index (χ4n) is 4.73. The van der Waals surface area contributed by atoms with Crippen LogP contribution in [0.3, 0.4) is 0 Å². The van der Waals surface area contributed by atoms with Gasteiger partial charge in [-0.15, -0.1) is 0 Å². The molecule has 3 aromatic carbocycles. The van der Waals surface area contributed by atoms with E-state index in [-0.39, 0.29) is 17.3 Å². The summed E-state index contributed by atoms with van der Waals surface area (Å²) in [5.41, 5.74) is 7.86. The molecule has 0 saturated heterocycles. The van der Waals surface area contributed by atoms with Crippen molar-refractivity contribution in [2.24, 2.45) is 0 Å². The monoisotopic (exact) mass is 495 g/mol. The van der Waals surface area contributed by atoms with Crippen molar-refractivity contribution in [3.05, 3.63) is 112 Å². The number of carbonyl (C=O) groups is 2. The predicted octanol–water partition coefficient (Wildman–Crippen LogP) is 6.76. The molecule has 0 radical (unpaired) electrons. The molecule has 0 heterocycles. The van der Waals surface area contributed by atoms with Gasteiger partial charge in [0.15, 0.2) is 0 Å². The van der Waals surface area contributed by atoms with Gasteiger partial charge < -0.3 is 9.64 Å². The third kappa shape index (κ3) is 6.76. The number of esters is 1. The van der Waals surface area contributed by atoms with Gasteiger partial charge in [-0.1, -0.05) is 87.5 Å². The van der Waals surface area contributed by atoms with Crippen LogP contribution < -0.4 is 0 Å². The summed E-state index contributed by atoms with van der Waals surface area (Å²) >= 11 is 0. The zero-order valence-electron chi connectivity index (χ0n) is 22.4. The Bertz CT molecular complexity index is 1260. The molecule has 4 heteroatoms. The molecule has 1 aliphatic rings. The number of ether oxygens (including phenoxy) is 1. The summed E-state index contributed by atoms with van der Waals surface area (Å²) in [6.45, 7) is 9.97. The van der Waals surface area contributed by atoms with Crippen molar-refractivity contribution in [2.45, 2.75) is 58.9 Å². The maximum atomic E-state index is 13.5. The van der Waals surface area contributed by atoms with E-state index in [1.807, 2.05) is 17.0 Å². The van der Waals surface area contributed by atoms with E-state index < -0.39 is 0 Å². The molecule has 37 heavy (non-hydrogen) atoms. The van der Waals surface area contributed by atoms with Crippen LogP contribution in [-0.4, -0.2) is 29.9 Å². The Labute approximate surface area is 221 Å². The van der Waals surface area contributed by atoms with Crippen LogP contribution in [0.25, 0.3) is 5.57 Å². The number of amides is 1. The first kappa shape index (κ1) is 26.4. The van der Waals surface area contributed by atoms with Gasteiger partial charge >= 0.3 is 5.97 Å². The zero-order valence-corrected chi connectivity index (χ0v) is 22.4. The lowest BCUT2D eigenvalue weighted by atomic mass is 9.87. The Kier molecular flexibility index (Phi) is 8.27. The molecule has 0 atom stereocenters. The minimum Gasteiger partial charge on any atom is -0.462 e. The number of benzene rings is 3. The third-order valence-corrected chi connectivity index (χ3v) is 6.95. The first-order valence-corrected chi connectivity index (χ1v) is 13.1. The minimum absolute atomic E-state index is 0.0793. The van der Waals surface area contributed by atoms with E-state index in [0.29, 0.717) is 31.7 Å². The van der Waals surface area contributed by atoms with Gasteiger partial charge in [-0.25, -0.2) is 4.79 Å². The summed E-state index contributed by atoms with van der Waals surface area (Å²) in [7, 11) is 0. The Morgan fingerprint density at radius 1 is 0.892 bits per heavy atom. The number of allylic oxidation sites excluding steroid dienone is 1. The molecular formula is C33H37NO3. The molecule has 1 amide bonds. The van der Waals surface area contributed by atoms with Crippen LogP contribution in [0.4, 0.5) is 0 Å². The second-order valence-electron chi connectivity index (χ2n) is 10.7. The number of hydrogen-bond donors (Lipinski definition) is 0. The van der Waals surface area contributed by atoms with Crippen LogP contribution in [0.15, 0.2) is 78.9 Å². The number of nitrogens with zero attached hydrogens (tertiary/aromatic N) is 1. The molecule has 0 unspecified atom stereocenters. The van der Waals surface area contributed by atoms with Crippen LogP contribution >= 0.6 is 0 Å². The average molecular weight is 496 g/mol. The van der Waals surface area contributed by atoms with E-state index in [9.17, 15) is 9.59 Å².